The summed E-state index contributed by atoms with van der Waals surface area (Å²) in [6.45, 7) is 0.948. The molecule has 88 valence electrons. The van der Waals surface area contributed by atoms with Crippen LogP contribution in [0.25, 0.3) is 0 Å². The van der Waals surface area contributed by atoms with E-state index in [1.165, 1.54) is 32.1 Å². The predicted molar refractivity (Wildman–Crippen MR) is 68.7 cm³/mol. The van der Waals surface area contributed by atoms with E-state index in [0.29, 0.717) is 10.7 Å². The molecule has 0 amide bonds. The molecule has 1 aliphatic carbocycles. The van der Waals surface area contributed by atoms with Crippen molar-refractivity contribution in [2.75, 3.05) is 17.6 Å². The summed E-state index contributed by atoms with van der Waals surface area (Å²) in [5.41, 5.74) is 6.43. The summed E-state index contributed by atoms with van der Waals surface area (Å²) < 4.78 is 0. The van der Waals surface area contributed by atoms with Gasteiger partial charge in [0.1, 0.15) is 5.82 Å². The third kappa shape index (κ3) is 3.01. The van der Waals surface area contributed by atoms with Gasteiger partial charge >= 0.3 is 0 Å². The third-order valence-electron chi connectivity index (χ3n) is 3.20. The molecule has 0 aliphatic heterocycles. The van der Waals surface area contributed by atoms with E-state index in [9.17, 15) is 0 Å². The van der Waals surface area contributed by atoms with E-state index in [0.717, 1.165) is 18.3 Å². The first-order chi connectivity index (χ1) is 7.75. The summed E-state index contributed by atoms with van der Waals surface area (Å²) in [7, 11) is 0. The topological polar surface area (TPSA) is 50.9 Å². The highest BCUT2D eigenvalue weighted by atomic mass is 35.5. The van der Waals surface area contributed by atoms with Crippen molar-refractivity contribution in [3.63, 3.8) is 0 Å². The molecule has 0 aromatic carbocycles. The number of nitrogen functional groups attached to an aromatic ring is 1. The first-order valence-electron chi connectivity index (χ1n) is 5.90. The molecule has 1 saturated carbocycles. The van der Waals surface area contributed by atoms with Crippen LogP contribution >= 0.6 is 11.6 Å². The van der Waals surface area contributed by atoms with Crippen LogP contribution in [-0.4, -0.2) is 11.5 Å². The minimum Gasteiger partial charge on any atom is -0.396 e. The zero-order chi connectivity index (χ0) is 11.4. The van der Waals surface area contributed by atoms with Gasteiger partial charge in [-0.3, -0.25) is 0 Å². The van der Waals surface area contributed by atoms with Crippen molar-refractivity contribution < 1.29 is 0 Å². The summed E-state index contributed by atoms with van der Waals surface area (Å²) in [4.78, 5) is 4.17. The molecule has 0 unspecified atom stereocenters. The molecule has 0 saturated heterocycles. The molecule has 1 aromatic heterocycles. The van der Waals surface area contributed by atoms with E-state index in [1.807, 2.05) is 0 Å². The second kappa shape index (κ2) is 5.39. The van der Waals surface area contributed by atoms with Gasteiger partial charge in [-0.05, 0) is 18.4 Å². The summed E-state index contributed by atoms with van der Waals surface area (Å²) in [5.74, 6) is 1.64. The van der Waals surface area contributed by atoms with Gasteiger partial charge in [-0.2, -0.15) is 0 Å². The van der Waals surface area contributed by atoms with Crippen molar-refractivity contribution in [3.8, 4) is 0 Å². The van der Waals surface area contributed by atoms with Gasteiger partial charge in [-0.15, -0.1) is 0 Å². The molecule has 1 aromatic rings. The lowest BCUT2D eigenvalue weighted by atomic mass is 10.0. The van der Waals surface area contributed by atoms with E-state index in [2.05, 4.69) is 10.3 Å². The maximum absolute atomic E-state index is 5.81. The van der Waals surface area contributed by atoms with Gasteiger partial charge in [0, 0.05) is 12.7 Å². The largest absolute Gasteiger partial charge is 0.396 e. The number of aromatic nitrogens is 1. The van der Waals surface area contributed by atoms with E-state index in [4.69, 9.17) is 17.3 Å². The Labute approximate surface area is 101 Å². The van der Waals surface area contributed by atoms with Crippen LogP contribution in [0.5, 0.6) is 0 Å². The summed E-state index contributed by atoms with van der Waals surface area (Å²) in [5, 5.41) is 3.85. The quantitative estimate of drug-likeness (QED) is 0.848. The lowest BCUT2D eigenvalue weighted by Crippen LogP contribution is -2.09. The lowest BCUT2D eigenvalue weighted by molar-refractivity contribution is 0.518. The second-order valence-electron chi connectivity index (χ2n) is 4.46. The fourth-order valence-corrected chi connectivity index (χ4v) is 2.46. The van der Waals surface area contributed by atoms with Crippen LogP contribution in [0.4, 0.5) is 11.5 Å². The summed E-state index contributed by atoms with van der Waals surface area (Å²) in [6.07, 6.45) is 8.38. The van der Waals surface area contributed by atoms with Crippen LogP contribution in [0.15, 0.2) is 12.3 Å². The van der Waals surface area contributed by atoms with Gasteiger partial charge in [-0.25, -0.2) is 4.98 Å². The number of nitrogens with two attached hydrogens (primary N) is 1. The number of rotatable bonds is 4. The van der Waals surface area contributed by atoms with Crippen molar-refractivity contribution >= 4 is 23.1 Å². The standard InChI is InChI=1S/C12H18ClN3/c13-10-7-11(14)12(16-8-10)15-6-5-9-3-1-2-4-9/h7-9H,1-6,14H2,(H,15,16). The molecule has 1 fully saturated rings. The Bertz CT molecular complexity index is 348. The number of anilines is 2. The molecule has 0 atom stereocenters. The predicted octanol–water partition coefficient (Wildman–Crippen LogP) is 3.31. The van der Waals surface area contributed by atoms with Gasteiger partial charge in [-0.1, -0.05) is 37.3 Å². The summed E-state index contributed by atoms with van der Waals surface area (Å²) in [6, 6.07) is 1.73. The second-order valence-corrected chi connectivity index (χ2v) is 4.89. The normalized spacial score (nSPS) is 16.6. The van der Waals surface area contributed by atoms with Crippen molar-refractivity contribution in [1.82, 2.24) is 4.98 Å². The minimum atomic E-state index is 0.582. The first-order valence-corrected chi connectivity index (χ1v) is 6.28. The highest BCUT2D eigenvalue weighted by molar-refractivity contribution is 6.30. The molecule has 0 radical (unpaired) electrons. The maximum atomic E-state index is 5.81. The van der Waals surface area contributed by atoms with Crippen molar-refractivity contribution in [2.45, 2.75) is 32.1 Å². The molecular weight excluding hydrogens is 222 g/mol. The zero-order valence-corrected chi connectivity index (χ0v) is 10.1. The van der Waals surface area contributed by atoms with Gasteiger partial charge in [0.2, 0.25) is 0 Å². The summed E-state index contributed by atoms with van der Waals surface area (Å²) >= 11 is 5.78. The van der Waals surface area contributed by atoms with Gasteiger partial charge < -0.3 is 11.1 Å². The SMILES string of the molecule is Nc1cc(Cl)cnc1NCCC1CCCC1. The van der Waals surface area contributed by atoms with Crippen LogP contribution in [0.2, 0.25) is 5.02 Å². The first kappa shape index (κ1) is 11.5. The van der Waals surface area contributed by atoms with Crippen LogP contribution in [-0.2, 0) is 0 Å². The molecule has 0 bridgehead atoms. The maximum Gasteiger partial charge on any atom is 0.149 e. The molecule has 3 N–H and O–H groups in total. The highest BCUT2D eigenvalue weighted by Crippen LogP contribution is 2.27. The van der Waals surface area contributed by atoms with Crippen LogP contribution in [0, 0.1) is 5.92 Å². The van der Waals surface area contributed by atoms with Crippen LogP contribution in [0.3, 0.4) is 0 Å². The lowest BCUT2D eigenvalue weighted by Gasteiger charge is -2.11. The Hall–Kier alpha value is -0.960. The molecule has 16 heavy (non-hydrogen) atoms. The number of nitrogens with one attached hydrogen (secondary N) is 1. The van der Waals surface area contributed by atoms with Crippen LogP contribution < -0.4 is 11.1 Å². The molecule has 4 heteroatoms. The average Bonchev–Trinajstić information content (AvgIpc) is 2.74. The molecule has 3 nitrogen and oxygen atoms in total. The van der Waals surface area contributed by atoms with E-state index >= 15 is 0 Å². The van der Waals surface area contributed by atoms with E-state index in [1.54, 1.807) is 12.3 Å². The monoisotopic (exact) mass is 239 g/mol. The minimum absolute atomic E-state index is 0.582. The molecular formula is C12H18ClN3. The number of hydrogen-bond acceptors (Lipinski definition) is 3. The highest BCUT2D eigenvalue weighted by Gasteiger charge is 2.14. The van der Waals surface area contributed by atoms with Gasteiger partial charge in [0.05, 0.1) is 10.7 Å². The number of nitrogens with zero attached hydrogens (tertiary/aromatic N) is 1. The van der Waals surface area contributed by atoms with Gasteiger partial charge in [0.25, 0.3) is 0 Å². The Balaban J connectivity index is 1.80. The fraction of sp³-hybridized carbons (Fsp3) is 0.583. The zero-order valence-electron chi connectivity index (χ0n) is 9.38. The van der Waals surface area contributed by atoms with Crippen LogP contribution in [0.1, 0.15) is 32.1 Å². The molecule has 2 rings (SSSR count). The van der Waals surface area contributed by atoms with E-state index < -0.39 is 0 Å². The molecule has 1 aliphatic rings. The number of pyridine rings is 1. The Morgan fingerprint density at radius 2 is 2.19 bits per heavy atom. The fourth-order valence-electron chi connectivity index (χ4n) is 2.30. The number of halogens is 1. The third-order valence-corrected chi connectivity index (χ3v) is 3.41. The van der Waals surface area contributed by atoms with Crippen molar-refractivity contribution in [1.29, 1.82) is 0 Å². The molecule has 1 heterocycles. The van der Waals surface area contributed by atoms with Gasteiger partial charge in [0.15, 0.2) is 0 Å². The Morgan fingerprint density at radius 3 is 2.88 bits per heavy atom. The van der Waals surface area contributed by atoms with E-state index in [-0.39, 0.29) is 0 Å². The molecule has 0 spiro atoms. The Kier molecular flexibility index (Phi) is 3.88. The Morgan fingerprint density at radius 1 is 1.44 bits per heavy atom. The smallest absolute Gasteiger partial charge is 0.149 e. The van der Waals surface area contributed by atoms with Crippen molar-refractivity contribution in [2.24, 2.45) is 5.92 Å². The number of hydrogen-bond donors (Lipinski definition) is 2. The van der Waals surface area contributed by atoms with Crippen molar-refractivity contribution in [3.05, 3.63) is 17.3 Å². The average molecular weight is 240 g/mol.